The van der Waals surface area contributed by atoms with Gasteiger partial charge in [-0.1, -0.05) is 30.3 Å². The first-order valence-corrected chi connectivity index (χ1v) is 9.07. The molecule has 0 unspecified atom stereocenters. The molecule has 27 heavy (non-hydrogen) atoms. The Bertz CT molecular complexity index is 861. The van der Waals surface area contributed by atoms with Crippen LogP contribution >= 0.6 is 0 Å². The van der Waals surface area contributed by atoms with Crippen LogP contribution in [0.25, 0.3) is 11.1 Å². The van der Waals surface area contributed by atoms with Gasteiger partial charge < -0.3 is 16.0 Å². The molecule has 2 aromatic rings. The first-order chi connectivity index (χ1) is 13.0. The number of carbonyl (C=O) groups excluding carboxylic acids is 3. The van der Waals surface area contributed by atoms with Gasteiger partial charge in [0.05, 0.1) is 5.92 Å². The second kappa shape index (κ2) is 8.03. The molecule has 3 rings (SSSR count). The van der Waals surface area contributed by atoms with Gasteiger partial charge in [-0.25, -0.2) is 0 Å². The van der Waals surface area contributed by atoms with Crippen molar-refractivity contribution in [3.05, 3.63) is 59.7 Å². The van der Waals surface area contributed by atoms with Gasteiger partial charge in [0.1, 0.15) is 0 Å². The predicted octanol–water partition coefficient (Wildman–Crippen LogP) is 2.05. The van der Waals surface area contributed by atoms with Gasteiger partial charge in [0.25, 0.3) is 5.91 Å². The van der Waals surface area contributed by atoms with Crippen LogP contribution in [0.5, 0.6) is 0 Å². The highest BCUT2D eigenvalue weighted by Crippen LogP contribution is 2.25. The van der Waals surface area contributed by atoms with E-state index in [1.54, 1.807) is 29.2 Å². The Kier molecular flexibility index (Phi) is 5.54. The first-order valence-electron chi connectivity index (χ1n) is 9.07. The molecule has 140 valence electrons. The van der Waals surface area contributed by atoms with Crippen LogP contribution in [-0.2, 0) is 4.79 Å². The molecule has 3 N–H and O–H groups in total. The second-order valence-electron chi connectivity index (χ2n) is 6.62. The fourth-order valence-corrected chi connectivity index (χ4v) is 3.40. The zero-order valence-corrected chi connectivity index (χ0v) is 15.3. The summed E-state index contributed by atoms with van der Waals surface area (Å²) in [4.78, 5) is 38.0. The fourth-order valence-electron chi connectivity index (χ4n) is 3.40. The Labute approximate surface area is 158 Å². The SMILES string of the molecule is CCNC(=O)[C@@H]1CCN(C(=O)c2ccc(-c3ccccc3C(N)=O)cc2)C1. The van der Waals surface area contributed by atoms with Gasteiger partial charge in [-0.05, 0) is 42.7 Å². The van der Waals surface area contributed by atoms with Crippen molar-refractivity contribution < 1.29 is 14.4 Å². The van der Waals surface area contributed by atoms with Gasteiger partial charge in [0.2, 0.25) is 11.8 Å². The summed E-state index contributed by atoms with van der Waals surface area (Å²) in [6, 6.07) is 14.2. The van der Waals surface area contributed by atoms with E-state index in [1.807, 2.05) is 31.2 Å². The van der Waals surface area contributed by atoms with E-state index in [2.05, 4.69) is 5.32 Å². The van der Waals surface area contributed by atoms with Crippen molar-refractivity contribution in [2.45, 2.75) is 13.3 Å². The number of nitrogens with two attached hydrogens (primary N) is 1. The van der Waals surface area contributed by atoms with Crippen molar-refractivity contribution >= 4 is 17.7 Å². The summed E-state index contributed by atoms with van der Waals surface area (Å²) in [5.74, 6) is -0.711. The number of amides is 3. The summed E-state index contributed by atoms with van der Waals surface area (Å²) >= 11 is 0. The maximum Gasteiger partial charge on any atom is 0.253 e. The number of carbonyl (C=O) groups is 3. The molecule has 0 aliphatic carbocycles. The van der Waals surface area contributed by atoms with E-state index in [0.29, 0.717) is 37.2 Å². The van der Waals surface area contributed by atoms with E-state index < -0.39 is 5.91 Å². The van der Waals surface area contributed by atoms with Crippen LogP contribution < -0.4 is 11.1 Å². The molecule has 6 heteroatoms. The van der Waals surface area contributed by atoms with Crippen LogP contribution in [0.3, 0.4) is 0 Å². The van der Waals surface area contributed by atoms with Gasteiger partial charge >= 0.3 is 0 Å². The zero-order chi connectivity index (χ0) is 19.4. The van der Waals surface area contributed by atoms with Crippen LogP contribution in [0.2, 0.25) is 0 Å². The Balaban J connectivity index is 1.74. The highest BCUT2D eigenvalue weighted by molar-refractivity contribution is 6.00. The third-order valence-corrected chi connectivity index (χ3v) is 4.83. The van der Waals surface area contributed by atoms with E-state index in [-0.39, 0.29) is 17.7 Å². The van der Waals surface area contributed by atoms with Crippen molar-refractivity contribution in [3.8, 4) is 11.1 Å². The lowest BCUT2D eigenvalue weighted by molar-refractivity contribution is -0.124. The molecule has 1 heterocycles. The van der Waals surface area contributed by atoms with Crippen molar-refractivity contribution in [2.24, 2.45) is 11.7 Å². The molecular weight excluding hydrogens is 342 g/mol. The Morgan fingerprint density at radius 2 is 1.81 bits per heavy atom. The minimum Gasteiger partial charge on any atom is -0.366 e. The molecule has 0 aromatic heterocycles. The lowest BCUT2D eigenvalue weighted by Gasteiger charge is -2.17. The highest BCUT2D eigenvalue weighted by atomic mass is 16.2. The Hall–Kier alpha value is -3.15. The molecule has 1 aliphatic rings. The summed E-state index contributed by atoms with van der Waals surface area (Å²) in [7, 11) is 0. The maximum atomic E-state index is 12.7. The quantitative estimate of drug-likeness (QED) is 0.849. The summed E-state index contributed by atoms with van der Waals surface area (Å²) in [5.41, 5.74) is 8.01. The smallest absolute Gasteiger partial charge is 0.253 e. The number of nitrogens with one attached hydrogen (secondary N) is 1. The lowest BCUT2D eigenvalue weighted by Crippen LogP contribution is -2.34. The minimum atomic E-state index is -0.487. The van der Waals surface area contributed by atoms with Crippen molar-refractivity contribution in [2.75, 3.05) is 19.6 Å². The van der Waals surface area contributed by atoms with Crippen LogP contribution in [0.4, 0.5) is 0 Å². The number of nitrogens with zero attached hydrogens (tertiary/aromatic N) is 1. The van der Waals surface area contributed by atoms with Gasteiger partial charge in [0.15, 0.2) is 0 Å². The zero-order valence-electron chi connectivity index (χ0n) is 15.3. The second-order valence-corrected chi connectivity index (χ2v) is 6.62. The van der Waals surface area contributed by atoms with Crippen LogP contribution in [0.1, 0.15) is 34.1 Å². The van der Waals surface area contributed by atoms with Crippen molar-refractivity contribution in [1.82, 2.24) is 10.2 Å². The largest absolute Gasteiger partial charge is 0.366 e. The summed E-state index contributed by atoms with van der Waals surface area (Å²) in [6.45, 7) is 3.50. The first kappa shape index (κ1) is 18.6. The lowest BCUT2D eigenvalue weighted by atomic mass is 9.98. The normalized spacial score (nSPS) is 16.2. The summed E-state index contributed by atoms with van der Waals surface area (Å²) in [6.07, 6.45) is 0.682. The molecule has 1 atom stereocenters. The Morgan fingerprint density at radius 3 is 2.48 bits per heavy atom. The average molecular weight is 365 g/mol. The van der Waals surface area contributed by atoms with Crippen LogP contribution in [0, 0.1) is 5.92 Å². The van der Waals surface area contributed by atoms with Crippen molar-refractivity contribution in [3.63, 3.8) is 0 Å². The summed E-state index contributed by atoms with van der Waals surface area (Å²) in [5, 5.41) is 2.81. The topological polar surface area (TPSA) is 92.5 Å². The maximum absolute atomic E-state index is 12.7. The van der Waals surface area contributed by atoms with E-state index >= 15 is 0 Å². The number of benzene rings is 2. The molecule has 0 spiro atoms. The predicted molar refractivity (Wildman–Crippen MR) is 103 cm³/mol. The molecule has 2 aromatic carbocycles. The molecular formula is C21H23N3O3. The molecule has 0 bridgehead atoms. The molecule has 3 amide bonds. The number of primary amides is 1. The Morgan fingerprint density at radius 1 is 1.11 bits per heavy atom. The van der Waals surface area contributed by atoms with E-state index in [4.69, 9.17) is 5.73 Å². The van der Waals surface area contributed by atoms with Gasteiger partial charge in [0, 0.05) is 30.8 Å². The number of hydrogen-bond donors (Lipinski definition) is 2. The van der Waals surface area contributed by atoms with Crippen LogP contribution in [-0.4, -0.2) is 42.3 Å². The average Bonchev–Trinajstić information content (AvgIpc) is 3.18. The molecule has 0 saturated carbocycles. The number of rotatable bonds is 5. The van der Waals surface area contributed by atoms with Gasteiger partial charge in [-0.15, -0.1) is 0 Å². The van der Waals surface area contributed by atoms with E-state index in [1.165, 1.54) is 0 Å². The molecule has 6 nitrogen and oxygen atoms in total. The van der Waals surface area contributed by atoms with E-state index in [9.17, 15) is 14.4 Å². The monoisotopic (exact) mass is 365 g/mol. The fraction of sp³-hybridized carbons (Fsp3) is 0.286. The molecule has 1 saturated heterocycles. The molecule has 1 aliphatic heterocycles. The third kappa shape index (κ3) is 4.00. The number of likely N-dealkylation sites (tertiary alicyclic amines) is 1. The van der Waals surface area contributed by atoms with E-state index in [0.717, 1.165) is 11.1 Å². The molecule has 1 fully saturated rings. The standard InChI is InChI=1S/C21H23N3O3/c1-2-23-20(26)16-11-12-24(13-16)21(27)15-9-7-14(8-10-15)17-5-3-4-6-18(17)19(22)25/h3-10,16H,2,11-13H2,1H3,(H2,22,25)(H,23,26)/t16-/m1/s1. The highest BCUT2D eigenvalue weighted by Gasteiger charge is 2.31. The molecule has 0 radical (unpaired) electrons. The van der Waals surface area contributed by atoms with Crippen LogP contribution in [0.15, 0.2) is 48.5 Å². The summed E-state index contributed by atoms with van der Waals surface area (Å²) < 4.78 is 0. The van der Waals surface area contributed by atoms with Gasteiger partial charge in [-0.3, -0.25) is 14.4 Å². The number of hydrogen-bond acceptors (Lipinski definition) is 3. The minimum absolute atomic E-state index is 0.00575. The van der Waals surface area contributed by atoms with Gasteiger partial charge in [-0.2, -0.15) is 0 Å². The van der Waals surface area contributed by atoms with Crippen molar-refractivity contribution in [1.29, 1.82) is 0 Å². The third-order valence-electron chi connectivity index (χ3n) is 4.83.